The van der Waals surface area contributed by atoms with Crippen LogP contribution in [0.25, 0.3) is 0 Å². The third-order valence-electron chi connectivity index (χ3n) is 4.86. The van der Waals surface area contributed by atoms with Crippen molar-refractivity contribution in [1.82, 2.24) is 0 Å². The van der Waals surface area contributed by atoms with E-state index in [1.165, 1.54) is 18.2 Å². The smallest absolute Gasteiger partial charge is 0.335 e. The number of anilines is 2. The highest BCUT2D eigenvalue weighted by molar-refractivity contribution is 9.10. The summed E-state index contributed by atoms with van der Waals surface area (Å²) in [6.45, 7) is 1.23. The quantitative estimate of drug-likeness (QED) is 0.268. The summed E-state index contributed by atoms with van der Waals surface area (Å²) in [5.41, 5.74) is 1.54. The lowest BCUT2D eigenvalue weighted by atomic mass is 9.91. The molecule has 0 radical (unpaired) electrons. The van der Waals surface area contributed by atoms with Gasteiger partial charge in [0.1, 0.15) is 5.82 Å². The second-order valence-corrected chi connectivity index (χ2v) is 7.53. The molecular formula is C20H19BrFN3O4. The van der Waals surface area contributed by atoms with Crippen LogP contribution in [0.4, 0.5) is 15.8 Å². The minimum Gasteiger partial charge on any atom is -0.478 e. The predicted molar refractivity (Wildman–Crippen MR) is 110 cm³/mol. The Bertz CT molecular complexity index is 941. The number of aromatic carboxylic acids is 1. The second kappa shape index (κ2) is 9.04. The maximum Gasteiger partial charge on any atom is 0.335 e. The molecule has 0 aliphatic carbocycles. The molecule has 0 spiro atoms. The zero-order valence-electron chi connectivity index (χ0n) is 15.3. The molecule has 3 N–H and O–H groups in total. The van der Waals surface area contributed by atoms with Gasteiger partial charge in [-0.05, 0) is 71.2 Å². The molecule has 1 aliphatic rings. The number of carboxylic acids is 1. The molecule has 0 unspecified atom stereocenters. The summed E-state index contributed by atoms with van der Waals surface area (Å²) in [6, 6.07) is 10.7. The van der Waals surface area contributed by atoms with Crippen molar-refractivity contribution in [1.29, 1.82) is 0 Å². The minimum absolute atomic E-state index is 0.187. The molecule has 3 rings (SSSR count). The van der Waals surface area contributed by atoms with Crippen LogP contribution in [-0.4, -0.2) is 41.0 Å². The number of Topliss-reactive ketones (excluding diaryl/α,β-unsaturated/α-hetero) is 1. The first-order valence-electron chi connectivity index (χ1n) is 8.95. The predicted octanol–water partition coefficient (Wildman–Crippen LogP) is 3.97. The molecule has 29 heavy (non-hydrogen) atoms. The fourth-order valence-corrected chi connectivity index (χ4v) is 3.63. The van der Waals surface area contributed by atoms with E-state index in [0.29, 0.717) is 31.6 Å². The summed E-state index contributed by atoms with van der Waals surface area (Å²) in [4.78, 5) is 25.8. The Labute approximate surface area is 175 Å². The van der Waals surface area contributed by atoms with Gasteiger partial charge in [0.05, 0.1) is 10.0 Å². The fraction of sp³-hybridized carbons (Fsp3) is 0.250. The summed E-state index contributed by atoms with van der Waals surface area (Å²) in [7, 11) is 0. The van der Waals surface area contributed by atoms with Gasteiger partial charge in [0.15, 0.2) is 0 Å². The molecule has 2 aromatic carbocycles. The van der Waals surface area contributed by atoms with Crippen LogP contribution in [0.3, 0.4) is 0 Å². The van der Waals surface area contributed by atoms with Crippen LogP contribution in [-0.2, 0) is 4.79 Å². The van der Waals surface area contributed by atoms with Gasteiger partial charge in [-0.1, -0.05) is 5.16 Å². The number of halogens is 2. The second-order valence-electron chi connectivity index (χ2n) is 6.68. The van der Waals surface area contributed by atoms with Crippen LogP contribution in [0.1, 0.15) is 23.2 Å². The van der Waals surface area contributed by atoms with Crippen LogP contribution in [0.15, 0.2) is 52.1 Å². The molecule has 0 aromatic heterocycles. The van der Waals surface area contributed by atoms with Gasteiger partial charge < -0.3 is 20.5 Å². The van der Waals surface area contributed by atoms with E-state index >= 15 is 0 Å². The largest absolute Gasteiger partial charge is 0.478 e. The first kappa shape index (κ1) is 20.8. The third kappa shape index (κ3) is 4.92. The Kier molecular flexibility index (Phi) is 6.48. The number of piperidine rings is 1. The fourth-order valence-electron chi connectivity index (χ4n) is 3.25. The third-order valence-corrected chi connectivity index (χ3v) is 5.47. The zero-order chi connectivity index (χ0) is 21.0. The van der Waals surface area contributed by atoms with Crippen molar-refractivity contribution >= 4 is 44.9 Å². The summed E-state index contributed by atoms with van der Waals surface area (Å²) >= 11 is 3.07. The number of rotatable bonds is 5. The van der Waals surface area contributed by atoms with Crippen LogP contribution in [0, 0.1) is 11.7 Å². The number of carbonyl (C=O) groups is 2. The topological polar surface area (TPSA) is 102 Å². The lowest BCUT2D eigenvalue weighted by Gasteiger charge is -2.33. The molecule has 0 amide bonds. The Morgan fingerprint density at radius 3 is 2.34 bits per heavy atom. The zero-order valence-corrected chi connectivity index (χ0v) is 16.9. The van der Waals surface area contributed by atoms with E-state index in [1.54, 1.807) is 24.3 Å². The van der Waals surface area contributed by atoms with Gasteiger partial charge in [-0.3, -0.25) is 4.79 Å². The van der Waals surface area contributed by atoms with E-state index in [2.05, 4.69) is 31.3 Å². The van der Waals surface area contributed by atoms with Crippen molar-refractivity contribution in [3.63, 3.8) is 0 Å². The minimum atomic E-state index is -0.975. The Balaban J connectivity index is 1.60. The van der Waals surface area contributed by atoms with Gasteiger partial charge in [-0.2, -0.15) is 0 Å². The van der Waals surface area contributed by atoms with Crippen molar-refractivity contribution in [3.8, 4) is 0 Å². The van der Waals surface area contributed by atoms with Gasteiger partial charge in [0, 0.05) is 30.4 Å². The van der Waals surface area contributed by atoms with E-state index in [9.17, 15) is 19.2 Å². The number of carbonyl (C=O) groups excluding carboxylic acids is 1. The maximum atomic E-state index is 13.4. The van der Waals surface area contributed by atoms with Crippen molar-refractivity contribution in [3.05, 3.63) is 58.3 Å². The number of carboxylic acid groups (broad SMARTS) is 1. The van der Waals surface area contributed by atoms with E-state index in [-0.39, 0.29) is 27.6 Å². The lowest BCUT2D eigenvalue weighted by molar-refractivity contribution is -0.117. The molecule has 7 nitrogen and oxygen atoms in total. The summed E-state index contributed by atoms with van der Waals surface area (Å²) in [5, 5.41) is 24.1. The monoisotopic (exact) mass is 463 g/mol. The molecule has 152 valence electrons. The Morgan fingerprint density at radius 1 is 1.14 bits per heavy atom. The molecule has 1 saturated heterocycles. The number of nitrogens with one attached hydrogen (secondary N) is 1. The van der Waals surface area contributed by atoms with Gasteiger partial charge in [-0.15, -0.1) is 0 Å². The van der Waals surface area contributed by atoms with Gasteiger partial charge in [0.25, 0.3) is 0 Å². The highest BCUT2D eigenvalue weighted by Crippen LogP contribution is 2.25. The van der Waals surface area contributed by atoms with Crippen molar-refractivity contribution < 1.29 is 24.3 Å². The number of oxime groups is 1. The average molecular weight is 464 g/mol. The van der Waals surface area contributed by atoms with Crippen LogP contribution < -0.4 is 10.2 Å². The van der Waals surface area contributed by atoms with Crippen LogP contribution in [0.2, 0.25) is 0 Å². The molecule has 1 heterocycles. The van der Waals surface area contributed by atoms with Gasteiger partial charge in [0.2, 0.25) is 11.6 Å². The molecule has 0 saturated carbocycles. The highest BCUT2D eigenvalue weighted by atomic mass is 79.9. The van der Waals surface area contributed by atoms with E-state index < -0.39 is 11.8 Å². The summed E-state index contributed by atoms with van der Waals surface area (Å²) < 4.78 is 13.6. The van der Waals surface area contributed by atoms with Gasteiger partial charge in [-0.25, -0.2) is 9.18 Å². The van der Waals surface area contributed by atoms with Crippen molar-refractivity contribution in [2.45, 2.75) is 12.8 Å². The lowest BCUT2D eigenvalue weighted by Crippen LogP contribution is -2.40. The SMILES string of the molecule is O=C(O)c1ccc(N2CCC(C(=O)/C(=N/O)Nc3ccc(F)c(Br)c3)CC2)cc1. The van der Waals surface area contributed by atoms with Crippen LogP contribution in [0.5, 0.6) is 0 Å². The first-order valence-corrected chi connectivity index (χ1v) is 9.75. The normalized spacial score (nSPS) is 15.2. The number of hydrogen-bond donors (Lipinski definition) is 3. The first-order chi connectivity index (χ1) is 13.9. The highest BCUT2D eigenvalue weighted by Gasteiger charge is 2.29. The summed E-state index contributed by atoms with van der Waals surface area (Å²) in [6.07, 6.45) is 1.13. The number of amidine groups is 1. The molecule has 2 aromatic rings. The molecular weight excluding hydrogens is 445 g/mol. The standard InChI is InChI=1S/C20H19BrFN3O4/c21-16-11-14(3-6-17(16)22)23-19(24-29)18(26)12-7-9-25(10-8-12)15-4-1-13(2-5-15)20(27)28/h1-6,11-12,29H,7-10H2,(H,23,24)(H,27,28). The maximum absolute atomic E-state index is 13.4. The van der Waals surface area contributed by atoms with Crippen LogP contribution >= 0.6 is 15.9 Å². The van der Waals surface area contributed by atoms with E-state index in [1.807, 2.05) is 0 Å². The Morgan fingerprint density at radius 2 is 1.79 bits per heavy atom. The van der Waals surface area contributed by atoms with E-state index in [0.717, 1.165) is 5.69 Å². The Hall–Kier alpha value is -2.94. The molecule has 1 aliphatic heterocycles. The summed E-state index contributed by atoms with van der Waals surface area (Å²) in [5.74, 6) is -2.22. The molecule has 1 fully saturated rings. The molecule has 0 atom stereocenters. The van der Waals surface area contributed by atoms with Gasteiger partial charge >= 0.3 is 5.97 Å². The number of hydrogen-bond acceptors (Lipinski definition) is 5. The number of benzene rings is 2. The number of nitrogens with zero attached hydrogens (tertiary/aromatic N) is 2. The van der Waals surface area contributed by atoms with Crippen molar-refractivity contribution in [2.24, 2.45) is 11.1 Å². The van der Waals surface area contributed by atoms with Crippen molar-refractivity contribution in [2.75, 3.05) is 23.3 Å². The number of ketones is 1. The molecule has 9 heteroatoms. The average Bonchev–Trinajstić information content (AvgIpc) is 2.74. The molecule has 0 bridgehead atoms. The van der Waals surface area contributed by atoms with E-state index in [4.69, 9.17) is 5.11 Å².